The molecule has 5 nitrogen and oxygen atoms in total. The van der Waals surface area contributed by atoms with Crippen molar-refractivity contribution in [1.29, 1.82) is 0 Å². The highest BCUT2D eigenvalue weighted by atomic mass is 32.2. The van der Waals surface area contributed by atoms with Crippen LogP contribution in [-0.4, -0.2) is 28.8 Å². The molecule has 136 valence electrons. The van der Waals surface area contributed by atoms with Gasteiger partial charge in [0.15, 0.2) is 0 Å². The van der Waals surface area contributed by atoms with Crippen LogP contribution in [0.5, 0.6) is 0 Å². The molecule has 0 saturated carbocycles. The number of aromatic nitrogens is 2. The van der Waals surface area contributed by atoms with Gasteiger partial charge in [0, 0.05) is 22.8 Å². The molecule has 0 bridgehead atoms. The van der Waals surface area contributed by atoms with Crippen LogP contribution in [0.25, 0.3) is 27.7 Å². The maximum absolute atomic E-state index is 11.6. The van der Waals surface area contributed by atoms with E-state index in [2.05, 4.69) is 41.1 Å². The molecule has 0 radical (unpaired) electrons. The molecular weight excluding hydrogens is 358 g/mol. The molecule has 1 N–H and O–H groups in total. The van der Waals surface area contributed by atoms with Crippen LogP contribution in [-0.2, 0) is 4.74 Å². The zero-order valence-corrected chi connectivity index (χ0v) is 16.1. The summed E-state index contributed by atoms with van der Waals surface area (Å²) in [6.07, 6.45) is 3.62. The van der Waals surface area contributed by atoms with E-state index < -0.39 is 6.09 Å². The molecule has 2 aromatic heterocycles. The third-order valence-electron chi connectivity index (χ3n) is 4.59. The fraction of sp³-hybridized carbons (Fsp3) is 0.143. The van der Waals surface area contributed by atoms with E-state index in [-0.39, 0.29) is 0 Å². The lowest BCUT2D eigenvalue weighted by Crippen LogP contribution is -2.10. The van der Waals surface area contributed by atoms with Gasteiger partial charge in [-0.2, -0.15) is 0 Å². The van der Waals surface area contributed by atoms with E-state index in [4.69, 9.17) is 9.72 Å². The Morgan fingerprint density at radius 3 is 2.74 bits per heavy atom. The Hall–Kier alpha value is -2.99. The van der Waals surface area contributed by atoms with Crippen LogP contribution in [0.4, 0.5) is 10.5 Å². The summed E-state index contributed by atoms with van der Waals surface area (Å²) >= 11 is 1.67. The molecule has 0 aliphatic heterocycles. The second-order valence-electron chi connectivity index (χ2n) is 6.21. The number of pyridine rings is 1. The van der Waals surface area contributed by atoms with Gasteiger partial charge in [-0.05, 0) is 42.3 Å². The molecule has 1 amide bonds. The lowest BCUT2D eigenvalue weighted by Gasteiger charge is -2.07. The van der Waals surface area contributed by atoms with Crippen molar-refractivity contribution in [3.8, 4) is 11.3 Å². The summed E-state index contributed by atoms with van der Waals surface area (Å²) in [7, 11) is 1.35. The van der Waals surface area contributed by atoms with E-state index in [1.165, 1.54) is 12.7 Å². The number of anilines is 1. The summed E-state index contributed by atoms with van der Waals surface area (Å²) < 4.78 is 6.80. The Morgan fingerprint density at radius 1 is 1.19 bits per heavy atom. The van der Waals surface area contributed by atoms with Crippen molar-refractivity contribution in [3.63, 3.8) is 0 Å². The predicted octanol–water partition coefficient (Wildman–Crippen LogP) is 5.36. The first-order valence-corrected chi connectivity index (χ1v) is 9.74. The van der Waals surface area contributed by atoms with Gasteiger partial charge in [0.05, 0.1) is 7.11 Å². The molecule has 6 heteroatoms. The van der Waals surface area contributed by atoms with Gasteiger partial charge in [-0.15, -0.1) is 11.8 Å². The minimum absolute atomic E-state index is 0.491. The lowest BCUT2D eigenvalue weighted by molar-refractivity contribution is 0.187. The van der Waals surface area contributed by atoms with Crippen LogP contribution in [0.3, 0.4) is 0 Å². The smallest absolute Gasteiger partial charge is 0.411 e. The van der Waals surface area contributed by atoms with E-state index in [9.17, 15) is 4.79 Å². The number of methoxy groups -OCH3 is 1. The third-order valence-corrected chi connectivity index (χ3v) is 5.37. The number of rotatable bonds is 3. The molecule has 0 saturated heterocycles. The predicted molar refractivity (Wildman–Crippen MR) is 111 cm³/mol. The molecule has 0 spiro atoms. The number of imidazole rings is 1. The molecule has 27 heavy (non-hydrogen) atoms. The molecule has 2 heterocycles. The van der Waals surface area contributed by atoms with Crippen LogP contribution in [0.2, 0.25) is 0 Å². The number of hydrogen-bond donors (Lipinski definition) is 1. The largest absolute Gasteiger partial charge is 0.453 e. The maximum Gasteiger partial charge on any atom is 0.411 e. The monoisotopic (exact) mass is 377 g/mol. The number of carbonyl (C=O) groups is 1. The van der Waals surface area contributed by atoms with Crippen LogP contribution in [0.1, 0.15) is 5.56 Å². The van der Waals surface area contributed by atoms with Gasteiger partial charge in [0.1, 0.15) is 16.4 Å². The Kier molecular flexibility index (Phi) is 4.49. The summed E-state index contributed by atoms with van der Waals surface area (Å²) in [5.41, 5.74) is 4.83. The zero-order valence-electron chi connectivity index (χ0n) is 15.3. The fourth-order valence-electron chi connectivity index (χ4n) is 3.25. The van der Waals surface area contributed by atoms with Crippen LogP contribution >= 0.6 is 11.8 Å². The van der Waals surface area contributed by atoms with Crippen molar-refractivity contribution in [2.45, 2.75) is 11.9 Å². The standard InChI is InChI=1S/C21H19N3O2S/c1-13-6-4-5-7-16(13)18-20(27-3)24-11-10-14-8-9-15(22-21(25)26-2)12-17(14)19(24)23-18/h4-12H,1-3H3,(H,22,25). The van der Waals surface area contributed by atoms with Gasteiger partial charge in [0.2, 0.25) is 0 Å². The SMILES string of the molecule is COC(=O)Nc1ccc2ccn3c(SC)c(-c4ccccc4C)nc3c2c1. The van der Waals surface area contributed by atoms with Crippen molar-refractivity contribution in [1.82, 2.24) is 9.38 Å². The Morgan fingerprint density at radius 2 is 2.00 bits per heavy atom. The number of hydrogen-bond acceptors (Lipinski definition) is 4. The van der Waals surface area contributed by atoms with Gasteiger partial charge in [-0.3, -0.25) is 9.72 Å². The zero-order chi connectivity index (χ0) is 19.0. The molecule has 0 fully saturated rings. The average molecular weight is 377 g/mol. The van der Waals surface area contributed by atoms with Crippen molar-refractivity contribution < 1.29 is 9.53 Å². The molecule has 4 rings (SSSR count). The number of carbonyl (C=O) groups excluding carboxylic acids is 1. The number of nitrogens with one attached hydrogen (secondary N) is 1. The van der Waals surface area contributed by atoms with E-state index in [1.54, 1.807) is 11.8 Å². The van der Waals surface area contributed by atoms with Crippen molar-refractivity contribution >= 4 is 40.0 Å². The van der Waals surface area contributed by atoms with E-state index in [1.807, 2.05) is 36.5 Å². The first kappa shape index (κ1) is 17.4. The summed E-state index contributed by atoms with van der Waals surface area (Å²) in [6.45, 7) is 2.10. The van der Waals surface area contributed by atoms with Gasteiger partial charge in [-0.25, -0.2) is 9.78 Å². The molecule has 0 aliphatic carbocycles. The molecular formula is C21H19N3O2S. The minimum atomic E-state index is -0.491. The number of nitrogens with zero attached hydrogens (tertiary/aromatic N) is 2. The highest BCUT2D eigenvalue weighted by Gasteiger charge is 2.17. The molecule has 0 atom stereocenters. The summed E-state index contributed by atoms with van der Waals surface area (Å²) in [5.74, 6) is 0. The molecule has 0 aliphatic rings. The first-order chi connectivity index (χ1) is 13.1. The van der Waals surface area contributed by atoms with E-state index in [0.29, 0.717) is 5.69 Å². The average Bonchev–Trinajstić information content (AvgIpc) is 3.07. The van der Waals surface area contributed by atoms with Crippen molar-refractivity contribution in [2.24, 2.45) is 0 Å². The highest BCUT2D eigenvalue weighted by molar-refractivity contribution is 7.98. The number of ether oxygens (including phenoxy) is 1. The minimum Gasteiger partial charge on any atom is -0.453 e. The quantitative estimate of drug-likeness (QED) is 0.488. The summed E-state index contributed by atoms with van der Waals surface area (Å²) in [4.78, 5) is 16.5. The highest BCUT2D eigenvalue weighted by Crippen LogP contribution is 2.35. The first-order valence-electron chi connectivity index (χ1n) is 8.52. The number of fused-ring (bicyclic) bond motifs is 3. The molecule has 4 aromatic rings. The molecule has 0 unspecified atom stereocenters. The fourth-order valence-corrected chi connectivity index (χ4v) is 3.94. The van der Waals surface area contributed by atoms with Crippen molar-refractivity contribution in [2.75, 3.05) is 18.7 Å². The van der Waals surface area contributed by atoms with Crippen LogP contribution in [0, 0.1) is 6.92 Å². The second-order valence-corrected chi connectivity index (χ2v) is 7.01. The number of benzene rings is 2. The lowest BCUT2D eigenvalue weighted by atomic mass is 10.1. The van der Waals surface area contributed by atoms with Crippen LogP contribution in [0.15, 0.2) is 59.8 Å². The number of thioether (sulfide) groups is 1. The van der Waals surface area contributed by atoms with Gasteiger partial charge in [-0.1, -0.05) is 30.3 Å². The number of aryl methyl sites for hydroxylation is 1. The van der Waals surface area contributed by atoms with E-state index >= 15 is 0 Å². The van der Waals surface area contributed by atoms with Crippen LogP contribution < -0.4 is 5.32 Å². The van der Waals surface area contributed by atoms with Gasteiger partial charge < -0.3 is 4.74 Å². The van der Waals surface area contributed by atoms with Crippen molar-refractivity contribution in [3.05, 3.63) is 60.3 Å². The second kappa shape index (κ2) is 6.96. The third kappa shape index (κ3) is 3.02. The Balaban J connectivity index is 1.97. The Labute approximate surface area is 161 Å². The maximum atomic E-state index is 11.6. The van der Waals surface area contributed by atoms with Gasteiger partial charge >= 0.3 is 6.09 Å². The normalized spacial score (nSPS) is 11.1. The molecule has 2 aromatic carbocycles. The number of amides is 1. The summed E-state index contributed by atoms with van der Waals surface area (Å²) in [6, 6.07) is 16.1. The Bertz CT molecular complexity index is 1170. The van der Waals surface area contributed by atoms with Gasteiger partial charge in [0.25, 0.3) is 0 Å². The summed E-state index contributed by atoms with van der Waals surface area (Å²) in [5, 5.41) is 5.85. The topological polar surface area (TPSA) is 55.6 Å². The van der Waals surface area contributed by atoms with E-state index in [0.717, 1.165) is 32.7 Å².